The van der Waals surface area contributed by atoms with E-state index in [1.165, 1.54) is 0 Å². The van der Waals surface area contributed by atoms with Crippen molar-refractivity contribution in [2.45, 2.75) is 13.0 Å². The van der Waals surface area contributed by atoms with Crippen molar-refractivity contribution in [1.29, 1.82) is 0 Å². The molecule has 0 aliphatic carbocycles. The molecule has 0 aliphatic rings. The zero-order valence-electron chi connectivity index (χ0n) is 13.4. The maximum atomic E-state index is 11.9. The van der Waals surface area contributed by atoms with Gasteiger partial charge in [-0.1, -0.05) is 18.2 Å². The summed E-state index contributed by atoms with van der Waals surface area (Å²) in [6, 6.07) is 11.2. The zero-order valence-corrected chi connectivity index (χ0v) is 14.3. The molecule has 1 aromatic carbocycles. The van der Waals surface area contributed by atoms with Gasteiger partial charge in [0.25, 0.3) is 5.91 Å². The lowest BCUT2D eigenvalue weighted by molar-refractivity contribution is -0.144. The number of ether oxygens (including phenoxy) is 1. The van der Waals surface area contributed by atoms with E-state index in [9.17, 15) is 9.59 Å². The van der Waals surface area contributed by atoms with Crippen LogP contribution < -0.4 is 10.2 Å². The van der Waals surface area contributed by atoms with E-state index in [4.69, 9.17) is 9.57 Å². The third kappa shape index (κ3) is 6.39. The van der Waals surface area contributed by atoms with Gasteiger partial charge in [-0.3, -0.25) is 14.4 Å². The molecule has 24 heavy (non-hydrogen) atoms. The number of para-hydroxylation sites is 1. The highest BCUT2D eigenvalue weighted by atomic mass is 32.1. The van der Waals surface area contributed by atoms with Gasteiger partial charge >= 0.3 is 0 Å². The van der Waals surface area contributed by atoms with E-state index in [0.29, 0.717) is 12.3 Å². The fourth-order valence-corrected chi connectivity index (χ4v) is 2.52. The van der Waals surface area contributed by atoms with Crippen molar-refractivity contribution >= 4 is 23.2 Å². The van der Waals surface area contributed by atoms with Crippen molar-refractivity contribution in [3.63, 3.8) is 0 Å². The molecule has 7 heteroatoms. The molecule has 1 aromatic heterocycles. The standard InChI is InChI=1S/C17H20N2O4S/c1-19(11-14-8-10-24-13-14)17(21)12-23-18-16(20)7-9-22-15-5-3-2-4-6-15/h2-6,8,10,13H,7,9,11-12H2,1H3,(H,18,20). The predicted octanol–water partition coefficient (Wildman–Crippen LogP) is 2.22. The largest absolute Gasteiger partial charge is 0.493 e. The summed E-state index contributed by atoms with van der Waals surface area (Å²) in [7, 11) is 1.69. The van der Waals surface area contributed by atoms with E-state index >= 15 is 0 Å². The molecule has 0 saturated carbocycles. The molecule has 0 fully saturated rings. The molecule has 0 unspecified atom stereocenters. The predicted molar refractivity (Wildman–Crippen MR) is 91.4 cm³/mol. The summed E-state index contributed by atoms with van der Waals surface area (Å²) in [5.41, 5.74) is 3.32. The molecule has 0 radical (unpaired) electrons. The minimum Gasteiger partial charge on any atom is -0.493 e. The number of hydrogen-bond donors (Lipinski definition) is 1. The summed E-state index contributed by atoms with van der Waals surface area (Å²) < 4.78 is 5.41. The van der Waals surface area contributed by atoms with Crippen LogP contribution in [0.15, 0.2) is 47.2 Å². The van der Waals surface area contributed by atoms with Crippen LogP contribution in [0.4, 0.5) is 0 Å². The second-order valence-electron chi connectivity index (χ2n) is 5.11. The van der Waals surface area contributed by atoms with Crippen molar-refractivity contribution < 1.29 is 19.2 Å². The molecule has 0 spiro atoms. The van der Waals surface area contributed by atoms with Crippen LogP contribution in [0, 0.1) is 0 Å². The Morgan fingerprint density at radius 3 is 2.71 bits per heavy atom. The number of nitrogens with zero attached hydrogens (tertiary/aromatic N) is 1. The highest BCUT2D eigenvalue weighted by Gasteiger charge is 2.11. The first-order chi connectivity index (χ1) is 11.6. The minimum atomic E-state index is -0.334. The van der Waals surface area contributed by atoms with Gasteiger partial charge in [0.2, 0.25) is 5.91 Å². The number of hydrogen-bond acceptors (Lipinski definition) is 5. The number of carbonyl (C=O) groups is 2. The molecule has 0 aliphatic heterocycles. The molecule has 128 valence electrons. The van der Waals surface area contributed by atoms with Crippen molar-refractivity contribution in [1.82, 2.24) is 10.4 Å². The minimum absolute atomic E-state index is 0.147. The molecule has 0 atom stereocenters. The van der Waals surface area contributed by atoms with Crippen LogP contribution in [0.5, 0.6) is 5.75 Å². The number of carbonyl (C=O) groups excluding carboxylic acids is 2. The molecule has 0 bridgehead atoms. The van der Waals surface area contributed by atoms with Crippen LogP contribution in [0.2, 0.25) is 0 Å². The molecule has 1 N–H and O–H groups in total. The Morgan fingerprint density at radius 2 is 2.00 bits per heavy atom. The summed E-state index contributed by atoms with van der Waals surface area (Å²) in [6.07, 6.45) is 0.147. The molecule has 2 rings (SSSR count). The van der Waals surface area contributed by atoms with Gasteiger partial charge in [-0.15, -0.1) is 0 Å². The highest BCUT2D eigenvalue weighted by Crippen LogP contribution is 2.09. The quantitative estimate of drug-likeness (QED) is 0.706. The Labute approximate surface area is 144 Å². The van der Waals surface area contributed by atoms with Crippen LogP contribution >= 0.6 is 11.3 Å². The van der Waals surface area contributed by atoms with E-state index in [1.54, 1.807) is 23.3 Å². The third-order valence-corrected chi connectivity index (χ3v) is 3.88. The van der Waals surface area contributed by atoms with E-state index in [0.717, 1.165) is 5.56 Å². The van der Waals surface area contributed by atoms with E-state index in [1.807, 2.05) is 47.2 Å². The third-order valence-electron chi connectivity index (χ3n) is 3.15. The maximum absolute atomic E-state index is 11.9. The number of likely N-dealkylation sites (N-methyl/N-ethyl adjacent to an activating group) is 1. The fourth-order valence-electron chi connectivity index (χ4n) is 1.86. The first kappa shape index (κ1) is 18.0. The first-order valence-electron chi connectivity index (χ1n) is 7.48. The second-order valence-corrected chi connectivity index (χ2v) is 5.89. The first-order valence-corrected chi connectivity index (χ1v) is 8.43. The summed E-state index contributed by atoms with van der Waals surface area (Å²) in [6.45, 7) is 0.557. The summed E-state index contributed by atoms with van der Waals surface area (Å²) in [4.78, 5) is 30.0. The summed E-state index contributed by atoms with van der Waals surface area (Å²) in [5, 5.41) is 3.95. The monoisotopic (exact) mass is 348 g/mol. The van der Waals surface area contributed by atoms with Crippen LogP contribution in [0.1, 0.15) is 12.0 Å². The van der Waals surface area contributed by atoms with Gasteiger partial charge in [0.15, 0.2) is 6.61 Å². The van der Waals surface area contributed by atoms with Gasteiger partial charge in [0.1, 0.15) is 5.75 Å². The summed E-state index contributed by atoms with van der Waals surface area (Å²) in [5.74, 6) is 0.165. The number of thiophene rings is 1. The molecule has 2 aromatic rings. The Hall–Kier alpha value is -2.38. The average molecular weight is 348 g/mol. The van der Waals surface area contributed by atoms with Gasteiger partial charge in [-0.05, 0) is 34.5 Å². The molecular formula is C17H20N2O4S. The Balaban J connectivity index is 1.57. The Morgan fingerprint density at radius 1 is 1.21 bits per heavy atom. The van der Waals surface area contributed by atoms with Crippen LogP contribution in [0.25, 0.3) is 0 Å². The number of rotatable bonds is 9. The SMILES string of the molecule is CN(Cc1ccsc1)C(=O)CONC(=O)CCOc1ccccc1. The smallest absolute Gasteiger partial charge is 0.251 e. The maximum Gasteiger partial charge on any atom is 0.251 e. The van der Waals surface area contributed by atoms with Crippen molar-refractivity contribution in [2.75, 3.05) is 20.3 Å². The fraction of sp³-hybridized carbons (Fsp3) is 0.294. The van der Waals surface area contributed by atoms with Gasteiger partial charge in [-0.2, -0.15) is 11.3 Å². The lowest BCUT2D eigenvalue weighted by atomic mass is 10.3. The number of hydroxylamine groups is 1. The van der Waals surface area contributed by atoms with Gasteiger partial charge in [0, 0.05) is 13.6 Å². The van der Waals surface area contributed by atoms with Gasteiger partial charge < -0.3 is 9.64 Å². The number of amides is 2. The van der Waals surface area contributed by atoms with Crippen LogP contribution in [-0.2, 0) is 21.0 Å². The highest BCUT2D eigenvalue weighted by molar-refractivity contribution is 7.07. The summed E-state index contributed by atoms with van der Waals surface area (Å²) >= 11 is 1.58. The lowest BCUT2D eigenvalue weighted by Gasteiger charge is -2.16. The van der Waals surface area contributed by atoms with Gasteiger partial charge in [-0.25, -0.2) is 5.48 Å². The van der Waals surface area contributed by atoms with Crippen LogP contribution in [0.3, 0.4) is 0 Å². The van der Waals surface area contributed by atoms with Crippen LogP contribution in [-0.4, -0.2) is 37.0 Å². The molecular weight excluding hydrogens is 328 g/mol. The topological polar surface area (TPSA) is 67.9 Å². The van der Waals surface area contributed by atoms with E-state index in [-0.39, 0.29) is 31.4 Å². The molecule has 0 saturated heterocycles. The van der Waals surface area contributed by atoms with Crippen molar-refractivity contribution in [3.8, 4) is 5.75 Å². The molecule has 6 nitrogen and oxygen atoms in total. The van der Waals surface area contributed by atoms with Gasteiger partial charge in [0.05, 0.1) is 13.0 Å². The van der Waals surface area contributed by atoms with Crippen molar-refractivity contribution in [2.24, 2.45) is 0 Å². The lowest BCUT2D eigenvalue weighted by Crippen LogP contribution is -2.34. The van der Waals surface area contributed by atoms with E-state index in [2.05, 4.69) is 5.48 Å². The number of nitrogens with one attached hydrogen (secondary N) is 1. The van der Waals surface area contributed by atoms with E-state index < -0.39 is 0 Å². The number of benzene rings is 1. The molecule has 2 amide bonds. The Kier molecular flexibility index (Phi) is 7.25. The zero-order chi connectivity index (χ0) is 17.2. The second kappa shape index (κ2) is 9.69. The van der Waals surface area contributed by atoms with Crippen molar-refractivity contribution in [3.05, 3.63) is 52.7 Å². The molecule has 1 heterocycles. The average Bonchev–Trinajstić information content (AvgIpc) is 3.08. The Bertz CT molecular complexity index is 631. The normalized spacial score (nSPS) is 10.2.